The first-order chi connectivity index (χ1) is 8.61. The van der Waals surface area contributed by atoms with E-state index >= 15 is 0 Å². The van der Waals surface area contributed by atoms with Gasteiger partial charge in [-0.05, 0) is 13.8 Å². The lowest BCUT2D eigenvalue weighted by atomic mass is 10.1. The van der Waals surface area contributed by atoms with Crippen molar-refractivity contribution in [3.05, 3.63) is 18.2 Å². The third kappa shape index (κ3) is 2.54. The van der Waals surface area contributed by atoms with Crippen molar-refractivity contribution in [2.45, 2.75) is 25.9 Å². The van der Waals surface area contributed by atoms with E-state index < -0.39 is 0 Å². The molecule has 1 fully saturated rings. The van der Waals surface area contributed by atoms with E-state index in [0.29, 0.717) is 0 Å². The van der Waals surface area contributed by atoms with Crippen LogP contribution in [0.5, 0.6) is 0 Å². The van der Waals surface area contributed by atoms with Crippen molar-refractivity contribution >= 4 is 5.91 Å². The second-order valence-electron chi connectivity index (χ2n) is 4.91. The Hall–Kier alpha value is -1.40. The van der Waals surface area contributed by atoms with E-state index in [1.807, 2.05) is 4.57 Å². The molecule has 1 aliphatic heterocycles. The van der Waals surface area contributed by atoms with E-state index in [1.54, 1.807) is 12.5 Å². The smallest absolute Gasteiger partial charge is 0.240 e. The average Bonchev–Trinajstić information content (AvgIpc) is 2.79. The highest BCUT2D eigenvalue weighted by Crippen LogP contribution is 2.23. The van der Waals surface area contributed by atoms with Crippen LogP contribution < -0.4 is 11.1 Å². The van der Waals surface area contributed by atoms with Crippen LogP contribution in [-0.2, 0) is 4.79 Å². The summed E-state index contributed by atoms with van der Waals surface area (Å²) in [5.74, 6) is -0.306. The van der Waals surface area contributed by atoms with Crippen LogP contribution in [-0.4, -0.2) is 46.5 Å². The molecule has 1 aliphatic rings. The number of nitrogens with zero attached hydrogens (tertiary/aromatic N) is 3. The Morgan fingerprint density at radius 1 is 1.44 bits per heavy atom. The van der Waals surface area contributed by atoms with Gasteiger partial charge in [0.15, 0.2) is 0 Å². The molecule has 0 aromatic carbocycles. The Morgan fingerprint density at radius 3 is 2.67 bits per heavy atom. The summed E-state index contributed by atoms with van der Waals surface area (Å²) in [5.41, 5.74) is 6.47. The predicted molar refractivity (Wildman–Crippen MR) is 69.0 cm³/mol. The summed E-state index contributed by atoms with van der Waals surface area (Å²) in [7, 11) is 0. The van der Waals surface area contributed by atoms with Gasteiger partial charge < -0.3 is 15.6 Å². The highest BCUT2D eigenvalue weighted by molar-refractivity contribution is 5.81. The molecule has 1 aromatic rings. The topological polar surface area (TPSA) is 76.2 Å². The summed E-state index contributed by atoms with van der Waals surface area (Å²) in [5, 5.41) is 3.27. The molecule has 0 saturated carbocycles. The van der Waals surface area contributed by atoms with E-state index in [0.717, 1.165) is 31.9 Å². The van der Waals surface area contributed by atoms with Crippen LogP contribution in [0.2, 0.25) is 0 Å². The van der Waals surface area contributed by atoms with Gasteiger partial charge in [0.2, 0.25) is 5.91 Å². The van der Waals surface area contributed by atoms with Crippen molar-refractivity contribution in [1.29, 1.82) is 0 Å². The SMILES string of the molecule is CC(C)n1cncc1C(C(N)=O)N1CCNCC1. The van der Waals surface area contributed by atoms with E-state index in [4.69, 9.17) is 5.73 Å². The van der Waals surface area contributed by atoms with Crippen molar-refractivity contribution < 1.29 is 4.79 Å². The van der Waals surface area contributed by atoms with Crippen LogP contribution >= 0.6 is 0 Å². The Balaban J connectivity index is 2.28. The lowest BCUT2D eigenvalue weighted by Crippen LogP contribution is -2.49. The van der Waals surface area contributed by atoms with E-state index in [1.165, 1.54) is 0 Å². The standard InChI is InChI=1S/C12H21N5O/c1-9(2)17-8-15-7-10(17)11(12(13)18)16-5-3-14-4-6-16/h7-9,11,14H,3-6H2,1-2H3,(H2,13,18). The number of hydrogen-bond acceptors (Lipinski definition) is 4. The van der Waals surface area contributed by atoms with Gasteiger partial charge in [0, 0.05) is 32.2 Å². The molecule has 6 heteroatoms. The van der Waals surface area contributed by atoms with E-state index in [-0.39, 0.29) is 18.0 Å². The number of amides is 1. The zero-order chi connectivity index (χ0) is 13.1. The third-order valence-corrected chi connectivity index (χ3v) is 3.32. The Labute approximate surface area is 107 Å². The number of carbonyl (C=O) groups is 1. The monoisotopic (exact) mass is 251 g/mol. The maximum absolute atomic E-state index is 11.8. The quantitative estimate of drug-likeness (QED) is 0.783. The molecule has 1 unspecified atom stereocenters. The van der Waals surface area contributed by atoms with Crippen LogP contribution in [0.25, 0.3) is 0 Å². The van der Waals surface area contributed by atoms with Gasteiger partial charge in [-0.25, -0.2) is 4.98 Å². The van der Waals surface area contributed by atoms with Gasteiger partial charge in [-0.2, -0.15) is 0 Å². The highest BCUT2D eigenvalue weighted by Gasteiger charge is 2.29. The molecular weight excluding hydrogens is 230 g/mol. The maximum Gasteiger partial charge on any atom is 0.240 e. The maximum atomic E-state index is 11.8. The van der Waals surface area contributed by atoms with E-state index in [9.17, 15) is 4.79 Å². The first-order valence-corrected chi connectivity index (χ1v) is 6.37. The van der Waals surface area contributed by atoms with Crippen LogP contribution in [0, 0.1) is 0 Å². The second kappa shape index (κ2) is 5.49. The van der Waals surface area contributed by atoms with Crippen LogP contribution in [0.3, 0.4) is 0 Å². The summed E-state index contributed by atoms with van der Waals surface area (Å²) in [6.07, 6.45) is 3.51. The fraction of sp³-hybridized carbons (Fsp3) is 0.667. The third-order valence-electron chi connectivity index (χ3n) is 3.32. The molecule has 0 spiro atoms. The zero-order valence-corrected chi connectivity index (χ0v) is 11.0. The summed E-state index contributed by atoms with van der Waals surface area (Å²) >= 11 is 0. The fourth-order valence-electron chi connectivity index (χ4n) is 2.41. The molecule has 0 radical (unpaired) electrons. The summed E-state index contributed by atoms with van der Waals surface area (Å²) in [6, 6.07) is -0.107. The largest absolute Gasteiger partial charge is 0.368 e. The molecule has 1 amide bonds. The number of piperazine rings is 1. The number of rotatable bonds is 4. The summed E-state index contributed by atoms with van der Waals surface area (Å²) < 4.78 is 2.01. The van der Waals surface area contributed by atoms with Gasteiger partial charge in [0.25, 0.3) is 0 Å². The Morgan fingerprint density at radius 2 is 2.11 bits per heavy atom. The summed E-state index contributed by atoms with van der Waals surface area (Å²) in [4.78, 5) is 18.1. The van der Waals surface area contributed by atoms with Crippen molar-refractivity contribution in [3.63, 3.8) is 0 Å². The molecule has 1 saturated heterocycles. The number of nitrogens with two attached hydrogens (primary N) is 1. The minimum Gasteiger partial charge on any atom is -0.368 e. The lowest BCUT2D eigenvalue weighted by Gasteiger charge is -2.33. The molecule has 1 aromatic heterocycles. The number of aromatic nitrogens is 2. The number of carbonyl (C=O) groups excluding carboxylic acids is 1. The van der Waals surface area contributed by atoms with Gasteiger partial charge >= 0.3 is 0 Å². The Kier molecular flexibility index (Phi) is 3.98. The highest BCUT2D eigenvalue weighted by atomic mass is 16.1. The minimum absolute atomic E-state index is 0.271. The lowest BCUT2D eigenvalue weighted by molar-refractivity contribution is -0.124. The van der Waals surface area contributed by atoms with Crippen molar-refractivity contribution in [2.75, 3.05) is 26.2 Å². The van der Waals surface area contributed by atoms with Crippen LogP contribution in [0.1, 0.15) is 31.6 Å². The van der Waals surface area contributed by atoms with Gasteiger partial charge in [0.1, 0.15) is 6.04 Å². The Bertz CT molecular complexity index is 408. The predicted octanol–water partition coefficient (Wildman–Crippen LogP) is -0.104. The first kappa shape index (κ1) is 13.0. The van der Waals surface area contributed by atoms with Gasteiger partial charge in [-0.1, -0.05) is 0 Å². The van der Waals surface area contributed by atoms with Crippen LogP contribution in [0.4, 0.5) is 0 Å². The molecule has 2 heterocycles. The fourth-order valence-corrected chi connectivity index (χ4v) is 2.41. The molecule has 18 heavy (non-hydrogen) atoms. The molecule has 0 aliphatic carbocycles. The van der Waals surface area contributed by atoms with Gasteiger partial charge in [-0.3, -0.25) is 9.69 Å². The van der Waals surface area contributed by atoms with E-state index in [2.05, 4.69) is 29.0 Å². The zero-order valence-electron chi connectivity index (χ0n) is 11.0. The first-order valence-electron chi connectivity index (χ1n) is 6.37. The van der Waals surface area contributed by atoms with Crippen molar-refractivity contribution in [1.82, 2.24) is 19.8 Å². The molecule has 100 valence electrons. The van der Waals surface area contributed by atoms with Crippen LogP contribution in [0.15, 0.2) is 12.5 Å². The summed E-state index contributed by atoms with van der Waals surface area (Å²) in [6.45, 7) is 7.58. The molecule has 0 bridgehead atoms. The van der Waals surface area contributed by atoms with Gasteiger partial charge in [-0.15, -0.1) is 0 Å². The molecule has 2 rings (SSSR count). The van der Waals surface area contributed by atoms with Crippen molar-refractivity contribution in [3.8, 4) is 0 Å². The number of hydrogen-bond donors (Lipinski definition) is 2. The number of imidazole rings is 1. The average molecular weight is 251 g/mol. The van der Waals surface area contributed by atoms with Gasteiger partial charge in [0.05, 0.1) is 18.2 Å². The minimum atomic E-state index is -0.378. The molecule has 1 atom stereocenters. The molecule has 3 N–H and O–H groups in total. The molecule has 6 nitrogen and oxygen atoms in total. The second-order valence-corrected chi connectivity index (χ2v) is 4.91. The normalized spacial score (nSPS) is 19.1. The molecular formula is C12H21N5O. The number of primary amides is 1. The number of nitrogens with one attached hydrogen (secondary N) is 1. The van der Waals surface area contributed by atoms with Crippen molar-refractivity contribution in [2.24, 2.45) is 5.73 Å².